The first-order valence-corrected chi connectivity index (χ1v) is 5.18. The third-order valence-corrected chi connectivity index (χ3v) is 2.35. The van der Waals surface area contributed by atoms with Gasteiger partial charge in [0.1, 0.15) is 0 Å². The number of aliphatic hydroxyl groups excluding tert-OH is 1. The predicted octanol–water partition coefficient (Wildman–Crippen LogP) is 3.45. The van der Waals surface area contributed by atoms with Crippen molar-refractivity contribution in [3.8, 4) is 0 Å². The largest absolute Gasteiger partial charge is 0.392 e. The van der Waals surface area contributed by atoms with Crippen molar-refractivity contribution in [1.29, 1.82) is 0 Å². The molecule has 0 fully saturated rings. The zero-order valence-electron chi connectivity index (χ0n) is 9.14. The van der Waals surface area contributed by atoms with Gasteiger partial charge in [0.05, 0.1) is 6.61 Å². The van der Waals surface area contributed by atoms with Crippen LogP contribution in [0.25, 0.3) is 0 Å². The third-order valence-electron chi connectivity index (χ3n) is 2.35. The van der Waals surface area contributed by atoms with Gasteiger partial charge >= 0.3 is 0 Å². The van der Waals surface area contributed by atoms with Crippen LogP contribution in [0.4, 0.5) is 0 Å². The normalized spacial score (nSPS) is 13.5. The molecule has 0 atom stereocenters. The van der Waals surface area contributed by atoms with Crippen molar-refractivity contribution in [2.45, 2.75) is 46.5 Å². The molecule has 0 aliphatic rings. The SMILES string of the molecule is CC/C(C)=C\CC/C(=C/CO)CC. The number of allylic oxidation sites excluding steroid dienone is 3. The first-order chi connectivity index (χ1) is 6.24. The van der Waals surface area contributed by atoms with E-state index >= 15 is 0 Å². The summed E-state index contributed by atoms with van der Waals surface area (Å²) in [6, 6.07) is 0. The first kappa shape index (κ1) is 12.4. The van der Waals surface area contributed by atoms with E-state index in [1.165, 1.54) is 11.1 Å². The summed E-state index contributed by atoms with van der Waals surface area (Å²) in [4.78, 5) is 0. The van der Waals surface area contributed by atoms with E-state index in [-0.39, 0.29) is 6.61 Å². The molecule has 0 aliphatic carbocycles. The lowest BCUT2D eigenvalue weighted by atomic mass is 10.1. The maximum atomic E-state index is 8.73. The van der Waals surface area contributed by atoms with Gasteiger partial charge in [0.15, 0.2) is 0 Å². The second-order valence-corrected chi connectivity index (χ2v) is 3.34. The highest BCUT2D eigenvalue weighted by Crippen LogP contribution is 2.11. The van der Waals surface area contributed by atoms with Crippen LogP contribution in [0, 0.1) is 0 Å². The number of aliphatic hydroxyl groups is 1. The van der Waals surface area contributed by atoms with Crippen molar-refractivity contribution in [2.24, 2.45) is 0 Å². The Morgan fingerprint density at radius 1 is 1.15 bits per heavy atom. The lowest BCUT2D eigenvalue weighted by molar-refractivity contribution is 0.341. The molecule has 0 spiro atoms. The molecule has 0 saturated heterocycles. The lowest BCUT2D eigenvalue weighted by Crippen LogP contribution is -1.84. The van der Waals surface area contributed by atoms with Crippen molar-refractivity contribution in [3.63, 3.8) is 0 Å². The van der Waals surface area contributed by atoms with Gasteiger partial charge in [-0.25, -0.2) is 0 Å². The summed E-state index contributed by atoms with van der Waals surface area (Å²) in [5, 5.41) is 8.73. The Morgan fingerprint density at radius 2 is 1.85 bits per heavy atom. The molecule has 0 rings (SSSR count). The summed E-state index contributed by atoms with van der Waals surface area (Å²) >= 11 is 0. The molecular formula is C12H22O. The molecule has 0 aliphatic heterocycles. The molecular weight excluding hydrogens is 160 g/mol. The molecule has 1 nitrogen and oxygen atoms in total. The fourth-order valence-corrected chi connectivity index (χ4v) is 1.20. The van der Waals surface area contributed by atoms with Gasteiger partial charge < -0.3 is 5.11 Å². The molecule has 0 aromatic rings. The Bertz CT molecular complexity index is 178. The second-order valence-electron chi connectivity index (χ2n) is 3.34. The van der Waals surface area contributed by atoms with Gasteiger partial charge in [0, 0.05) is 0 Å². The van der Waals surface area contributed by atoms with Crippen LogP contribution < -0.4 is 0 Å². The van der Waals surface area contributed by atoms with Crippen molar-refractivity contribution < 1.29 is 5.11 Å². The van der Waals surface area contributed by atoms with E-state index in [1.807, 2.05) is 6.08 Å². The van der Waals surface area contributed by atoms with Crippen LogP contribution in [0.2, 0.25) is 0 Å². The Kier molecular flexibility index (Phi) is 7.71. The van der Waals surface area contributed by atoms with Crippen molar-refractivity contribution >= 4 is 0 Å². The highest BCUT2D eigenvalue weighted by atomic mass is 16.2. The highest BCUT2D eigenvalue weighted by Gasteiger charge is 1.92. The van der Waals surface area contributed by atoms with Gasteiger partial charge in [-0.15, -0.1) is 0 Å². The van der Waals surface area contributed by atoms with Crippen molar-refractivity contribution in [3.05, 3.63) is 23.3 Å². The minimum atomic E-state index is 0.180. The molecule has 76 valence electrons. The Labute approximate surface area is 82.2 Å². The maximum absolute atomic E-state index is 8.73. The topological polar surface area (TPSA) is 20.2 Å². The third kappa shape index (κ3) is 6.59. The van der Waals surface area contributed by atoms with E-state index in [4.69, 9.17) is 5.11 Å². The number of hydrogen-bond acceptors (Lipinski definition) is 1. The summed E-state index contributed by atoms with van der Waals surface area (Å²) in [6.07, 6.45) is 8.62. The van der Waals surface area contributed by atoms with Crippen LogP contribution >= 0.6 is 0 Å². The number of rotatable bonds is 6. The van der Waals surface area contributed by atoms with Crippen molar-refractivity contribution in [1.82, 2.24) is 0 Å². The van der Waals surface area contributed by atoms with Gasteiger partial charge in [-0.2, -0.15) is 0 Å². The summed E-state index contributed by atoms with van der Waals surface area (Å²) in [7, 11) is 0. The van der Waals surface area contributed by atoms with Gasteiger partial charge in [0.25, 0.3) is 0 Å². The molecule has 0 radical (unpaired) electrons. The molecule has 0 amide bonds. The smallest absolute Gasteiger partial charge is 0.0615 e. The molecule has 0 heterocycles. The molecule has 0 aromatic carbocycles. The summed E-state index contributed by atoms with van der Waals surface area (Å²) in [5.74, 6) is 0. The van der Waals surface area contributed by atoms with Crippen LogP contribution in [-0.2, 0) is 0 Å². The van der Waals surface area contributed by atoms with Gasteiger partial charge in [-0.05, 0) is 32.6 Å². The monoisotopic (exact) mass is 182 g/mol. The zero-order valence-corrected chi connectivity index (χ0v) is 9.14. The minimum Gasteiger partial charge on any atom is -0.392 e. The van der Waals surface area contributed by atoms with E-state index in [0.717, 1.165) is 25.7 Å². The van der Waals surface area contributed by atoms with Gasteiger partial charge in [0.2, 0.25) is 0 Å². The summed E-state index contributed by atoms with van der Waals surface area (Å²) in [6.45, 7) is 6.66. The Morgan fingerprint density at radius 3 is 2.31 bits per heavy atom. The maximum Gasteiger partial charge on any atom is 0.0615 e. The van der Waals surface area contributed by atoms with Crippen LogP contribution in [0.5, 0.6) is 0 Å². The van der Waals surface area contributed by atoms with Crippen LogP contribution in [0.15, 0.2) is 23.3 Å². The van der Waals surface area contributed by atoms with Gasteiger partial charge in [-0.3, -0.25) is 0 Å². The highest BCUT2D eigenvalue weighted by molar-refractivity contribution is 5.05. The van der Waals surface area contributed by atoms with Crippen molar-refractivity contribution in [2.75, 3.05) is 6.61 Å². The van der Waals surface area contributed by atoms with E-state index in [2.05, 4.69) is 26.8 Å². The zero-order chi connectivity index (χ0) is 10.1. The van der Waals surface area contributed by atoms with Gasteiger partial charge in [-0.1, -0.05) is 37.1 Å². The fraction of sp³-hybridized carbons (Fsp3) is 0.667. The minimum absolute atomic E-state index is 0.180. The molecule has 1 N–H and O–H groups in total. The summed E-state index contributed by atoms with van der Waals surface area (Å²) < 4.78 is 0. The van der Waals surface area contributed by atoms with Crippen LogP contribution in [0.3, 0.4) is 0 Å². The Balaban J connectivity index is 3.79. The molecule has 0 saturated carbocycles. The van der Waals surface area contributed by atoms with E-state index in [1.54, 1.807) is 0 Å². The molecule has 0 bridgehead atoms. The molecule has 0 unspecified atom stereocenters. The first-order valence-electron chi connectivity index (χ1n) is 5.18. The quantitative estimate of drug-likeness (QED) is 0.624. The van der Waals surface area contributed by atoms with E-state index < -0.39 is 0 Å². The number of hydrogen-bond donors (Lipinski definition) is 1. The Hall–Kier alpha value is -0.560. The van der Waals surface area contributed by atoms with E-state index in [0.29, 0.717) is 0 Å². The average Bonchev–Trinajstić information content (AvgIpc) is 2.16. The van der Waals surface area contributed by atoms with E-state index in [9.17, 15) is 0 Å². The predicted molar refractivity (Wildman–Crippen MR) is 58.7 cm³/mol. The molecule has 1 heteroatoms. The van der Waals surface area contributed by atoms with Crippen LogP contribution in [0.1, 0.15) is 46.5 Å². The fourth-order valence-electron chi connectivity index (χ4n) is 1.20. The second kappa shape index (κ2) is 8.06. The van der Waals surface area contributed by atoms with Crippen LogP contribution in [-0.4, -0.2) is 11.7 Å². The average molecular weight is 182 g/mol. The molecule has 13 heavy (non-hydrogen) atoms. The standard InChI is InChI=1S/C12H22O/c1-4-11(3)7-6-8-12(5-2)9-10-13/h7,9,13H,4-6,8,10H2,1-3H3/b11-7-,12-9+. The molecule has 0 aromatic heterocycles. The summed E-state index contributed by atoms with van der Waals surface area (Å²) in [5.41, 5.74) is 2.82. The lowest BCUT2D eigenvalue weighted by Gasteiger charge is -2.01.